The van der Waals surface area contributed by atoms with E-state index >= 15 is 0 Å². The van der Waals surface area contributed by atoms with Crippen LogP contribution >= 0.6 is 0 Å². The third-order valence-electron chi connectivity index (χ3n) is 5.68. The zero-order valence-corrected chi connectivity index (χ0v) is 20.7. The number of unbranched alkanes of at least 4 members (excludes halogenated alkanes) is 1. The van der Waals surface area contributed by atoms with Crippen LogP contribution in [-0.2, 0) is 28.8 Å². The van der Waals surface area contributed by atoms with Crippen LogP contribution in [0.25, 0.3) is 0 Å². The summed E-state index contributed by atoms with van der Waals surface area (Å²) in [5.74, 6) is -6.45. The van der Waals surface area contributed by atoms with E-state index in [1.54, 1.807) is 6.92 Å². The highest BCUT2D eigenvalue weighted by molar-refractivity contribution is 5.94. The van der Waals surface area contributed by atoms with Gasteiger partial charge < -0.3 is 42.7 Å². The monoisotopic (exact) mass is 517 g/mol. The Hall–Kier alpha value is -3.26. The van der Waals surface area contributed by atoms with Gasteiger partial charge in [-0.25, -0.2) is 4.79 Å². The van der Waals surface area contributed by atoms with E-state index in [9.17, 15) is 33.9 Å². The van der Waals surface area contributed by atoms with Gasteiger partial charge in [0.05, 0.1) is 6.04 Å². The molecular weight excluding hydrogens is 478 g/mol. The lowest BCUT2D eigenvalue weighted by atomic mass is 9.98. The number of carbonyl (C=O) groups excluding carboxylic acids is 3. The van der Waals surface area contributed by atoms with Gasteiger partial charge in [0, 0.05) is 12.8 Å². The number of carboxylic acids is 3. The van der Waals surface area contributed by atoms with Gasteiger partial charge in [-0.2, -0.15) is 0 Å². The first-order valence-electron chi connectivity index (χ1n) is 11.9. The maximum absolute atomic E-state index is 13.0. The second-order valence-electron chi connectivity index (χ2n) is 8.58. The normalized spacial score (nSPS) is 15.0. The Morgan fingerprint density at radius 3 is 1.61 bits per heavy atom. The Bertz CT molecular complexity index is 777. The molecule has 5 unspecified atom stereocenters. The first-order chi connectivity index (χ1) is 16.8. The molecular formula is C22H39N5O9. The molecule has 0 fully saturated rings. The summed E-state index contributed by atoms with van der Waals surface area (Å²) in [5, 5.41) is 34.3. The highest BCUT2D eigenvalue weighted by Gasteiger charge is 2.31. The van der Waals surface area contributed by atoms with Crippen molar-refractivity contribution < 1.29 is 44.1 Å². The number of aliphatic carboxylic acids is 3. The van der Waals surface area contributed by atoms with Crippen molar-refractivity contribution in [1.29, 1.82) is 0 Å². The van der Waals surface area contributed by atoms with E-state index < -0.39 is 72.6 Å². The molecule has 0 radical (unpaired) electrons. The molecule has 0 rings (SSSR count). The molecule has 0 spiro atoms. The molecule has 0 bridgehead atoms. The number of carbonyl (C=O) groups is 6. The fraction of sp³-hybridized carbons (Fsp3) is 0.727. The average molecular weight is 518 g/mol. The van der Waals surface area contributed by atoms with Crippen LogP contribution in [0.5, 0.6) is 0 Å². The number of carboxylic acid groups (broad SMARTS) is 3. The zero-order valence-electron chi connectivity index (χ0n) is 20.7. The van der Waals surface area contributed by atoms with Gasteiger partial charge in [0.15, 0.2) is 0 Å². The molecule has 0 aromatic carbocycles. The SMILES string of the molecule is CCC(C)C(N)C(=O)NC(CCC(=O)O)C(=O)NC(CCCCN)C(=O)NC(CCC(=O)O)C(=O)O. The number of nitrogens with two attached hydrogens (primary N) is 2. The average Bonchev–Trinajstić information content (AvgIpc) is 2.81. The number of amides is 3. The van der Waals surface area contributed by atoms with Crippen molar-refractivity contribution in [3.05, 3.63) is 0 Å². The van der Waals surface area contributed by atoms with E-state index in [0.717, 1.165) is 0 Å². The predicted molar refractivity (Wildman–Crippen MR) is 128 cm³/mol. The van der Waals surface area contributed by atoms with E-state index in [1.165, 1.54) is 0 Å². The van der Waals surface area contributed by atoms with Crippen molar-refractivity contribution >= 4 is 35.6 Å². The lowest BCUT2D eigenvalue weighted by Crippen LogP contribution is -2.57. The number of nitrogens with one attached hydrogen (secondary N) is 3. The van der Waals surface area contributed by atoms with Crippen molar-refractivity contribution in [3.8, 4) is 0 Å². The minimum Gasteiger partial charge on any atom is -0.481 e. The molecule has 3 amide bonds. The summed E-state index contributed by atoms with van der Waals surface area (Å²) in [6.45, 7) is 3.89. The van der Waals surface area contributed by atoms with Gasteiger partial charge in [-0.1, -0.05) is 20.3 Å². The minimum absolute atomic E-state index is 0.0754. The standard InChI is InChI=1S/C22H39N5O9/c1-3-12(2)18(24)21(34)26-14(7-9-16(28)29)20(33)25-13(6-4-5-11-23)19(32)27-15(22(35)36)8-10-17(30)31/h12-15,18H,3-11,23-24H2,1-2H3,(H,25,33)(H,26,34)(H,27,32)(H,28,29)(H,30,31)(H,35,36). The van der Waals surface area contributed by atoms with Crippen LogP contribution < -0.4 is 27.4 Å². The number of rotatable bonds is 19. The summed E-state index contributed by atoms with van der Waals surface area (Å²) in [5.41, 5.74) is 11.4. The zero-order chi connectivity index (χ0) is 27.8. The van der Waals surface area contributed by atoms with Crippen molar-refractivity contribution in [3.63, 3.8) is 0 Å². The highest BCUT2D eigenvalue weighted by Crippen LogP contribution is 2.09. The maximum atomic E-state index is 13.0. The Morgan fingerprint density at radius 1 is 0.722 bits per heavy atom. The molecule has 0 aliphatic rings. The smallest absolute Gasteiger partial charge is 0.326 e. The van der Waals surface area contributed by atoms with Gasteiger partial charge in [0.25, 0.3) is 0 Å². The van der Waals surface area contributed by atoms with E-state index in [1.807, 2.05) is 6.92 Å². The minimum atomic E-state index is -1.50. The Kier molecular flexibility index (Phi) is 15.7. The summed E-state index contributed by atoms with van der Waals surface area (Å²) in [6.07, 6.45) is -0.0178. The van der Waals surface area contributed by atoms with Crippen LogP contribution in [0.2, 0.25) is 0 Å². The second-order valence-corrected chi connectivity index (χ2v) is 8.58. The summed E-state index contributed by atoms with van der Waals surface area (Å²) < 4.78 is 0. The molecule has 14 nitrogen and oxygen atoms in total. The third-order valence-corrected chi connectivity index (χ3v) is 5.68. The van der Waals surface area contributed by atoms with Crippen LogP contribution in [0, 0.1) is 5.92 Å². The first kappa shape index (κ1) is 32.7. The van der Waals surface area contributed by atoms with Crippen molar-refractivity contribution in [2.24, 2.45) is 17.4 Å². The maximum Gasteiger partial charge on any atom is 0.326 e. The van der Waals surface area contributed by atoms with Gasteiger partial charge in [-0.3, -0.25) is 24.0 Å². The van der Waals surface area contributed by atoms with Crippen LogP contribution in [-0.4, -0.2) is 81.7 Å². The van der Waals surface area contributed by atoms with E-state index in [0.29, 0.717) is 25.8 Å². The molecule has 0 heterocycles. The Morgan fingerprint density at radius 2 is 1.17 bits per heavy atom. The lowest BCUT2D eigenvalue weighted by Gasteiger charge is -2.26. The fourth-order valence-electron chi connectivity index (χ4n) is 3.15. The van der Waals surface area contributed by atoms with Crippen molar-refractivity contribution in [1.82, 2.24) is 16.0 Å². The van der Waals surface area contributed by atoms with Gasteiger partial charge in [-0.05, 0) is 44.6 Å². The van der Waals surface area contributed by atoms with Crippen LogP contribution in [0.15, 0.2) is 0 Å². The van der Waals surface area contributed by atoms with E-state index in [4.69, 9.17) is 21.7 Å². The van der Waals surface area contributed by atoms with Crippen LogP contribution in [0.4, 0.5) is 0 Å². The van der Waals surface area contributed by atoms with Gasteiger partial charge in [-0.15, -0.1) is 0 Å². The molecule has 5 atom stereocenters. The second kappa shape index (κ2) is 17.2. The molecule has 0 aromatic rings. The topological polar surface area (TPSA) is 251 Å². The molecule has 36 heavy (non-hydrogen) atoms. The molecule has 206 valence electrons. The number of hydrogen-bond acceptors (Lipinski definition) is 8. The van der Waals surface area contributed by atoms with E-state index in [-0.39, 0.29) is 25.2 Å². The number of hydrogen-bond donors (Lipinski definition) is 8. The third kappa shape index (κ3) is 13.0. The van der Waals surface area contributed by atoms with Crippen LogP contribution in [0.3, 0.4) is 0 Å². The van der Waals surface area contributed by atoms with Gasteiger partial charge in [0.1, 0.15) is 18.1 Å². The summed E-state index contributed by atoms with van der Waals surface area (Å²) in [7, 11) is 0. The van der Waals surface area contributed by atoms with E-state index in [2.05, 4.69) is 16.0 Å². The summed E-state index contributed by atoms with van der Waals surface area (Å²) >= 11 is 0. The fourth-order valence-corrected chi connectivity index (χ4v) is 3.15. The first-order valence-corrected chi connectivity index (χ1v) is 11.9. The summed E-state index contributed by atoms with van der Waals surface area (Å²) in [6, 6.07) is -4.98. The Balaban J connectivity index is 5.62. The molecule has 0 aliphatic heterocycles. The molecule has 0 saturated heterocycles. The van der Waals surface area contributed by atoms with Crippen molar-refractivity contribution in [2.45, 2.75) is 89.4 Å². The largest absolute Gasteiger partial charge is 0.481 e. The highest BCUT2D eigenvalue weighted by atomic mass is 16.4. The molecule has 0 aromatic heterocycles. The van der Waals surface area contributed by atoms with Crippen LogP contribution in [0.1, 0.15) is 65.2 Å². The molecule has 0 saturated carbocycles. The molecule has 0 aliphatic carbocycles. The van der Waals surface area contributed by atoms with Gasteiger partial charge in [0.2, 0.25) is 17.7 Å². The molecule has 10 N–H and O–H groups in total. The predicted octanol–water partition coefficient (Wildman–Crippen LogP) is -1.24. The van der Waals surface area contributed by atoms with Gasteiger partial charge >= 0.3 is 17.9 Å². The van der Waals surface area contributed by atoms with Crippen molar-refractivity contribution in [2.75, 3.05) is 6.54 Å². The summed E-state index contributed by atoms with van der Waals surface area (Å²) in [4.78, 5) is 71.6. The molecule has 14 heteroatoms. The Labute approximate surface area is 209 Å². The quantitative estimate of drug-likeness (QED) is 0.0940. The lowest BCUT2D eigenvalue weighted by molar-refractivity contribution is -0.143.